The van der Waals surface area contributed by atoms with Crippen LogP contribution in [-0.4, -0.2) is 45.7 Å². The van der Waals surface area contributed by atoms with E-state index in [1.807, 2.05) is 30.0 Å². The molecule has 1 unspecified atom stereocenters. The first kappa shape index (κ1) is 15.5. The van der Waals surface area contributed by atoms with Gasteiger partial charge in [-0.25, -0.2) is 9.07 Å². The van der Waals surface area contributed by atoms with Crippen molar-refractivity contribution in [1.29, 1.82) is 0 Å². The Morgan fingerprint density at radius 2 is 2.21 bits per heavy atom. The van der Waals surface area contributed by atoms with Crippen LogP contribution in [0.5, 0.6) is 0 Å². The van der Waals surface area contributed by atoms with Crippen molar-refractivity contribution < 1.29 is 9.23 Å². The predicted octanol–water partition coefficient (Wildman–Crippen LogP) is 1.91. The van der Waals surface area contributed by atoms with Crippen LogP contribution in [0.3, 0.4) is 0 Å². The number of aromatic nitrogens is 3. The SMILES string of the molecule is Fc1cc(C2=CC(Cn3ccnn3)ON2)ccc1N1CCSCC1. The van der Waals surface area contributed by atoms with Gasteiger partial charge in [-0.05, 0) is 18.2 Å². The molecular formula is C16H18FN5OS. The van der Waals surface area contributed by atoms with Crippen LogP contribution in [0, 0.1) is 5.82 Å². The highest BCUT2D eigenvalue weighted by Gasteiger charge is 2.20. The smallest absolute Gasteiger partial charge is 0.147 e. The molecule has 0 bridgehead atoms. The van der Waals surface area contributed by atoms with Crippen molar-refractivity contribution in [2.75, 3.05) is 29.5 Å². The first-order chi connectivity index (χ1) is 11.8. The lowest BCUT2D eigenvalue weighted by Crippen LogP contribution is -2.33. The lowest BCUT2D eigenvalue weighted by molar-refractivity contribution is 0.0395. The molecule has 2 aromatic rings. The van der Waals surface area contributed by atoms with Crippen LogP contribution in [0.4, 0.5) is 10.1 Å². The van der Waals surface area contributed by atoms with Crippen LogP contribution in [-0.2, 0) is 11.4 Å². The van der Waals surface area contributed by atoms with E-state index in [2.05, 4.69) is 20.7 Å². The van der Waals surface area contributed by atoms with Crippen molar-refractivity contribution in [2.45, 2.75) is 12.6 Å². The summed E-state index contributed by atoms with van der Waals surface area (Å²) in [4.78, 5) is 7.62. The van der Waals surface area contributed by atoms with Crippen molar-refractivity contribution in [2.24, 2.45) is 0 Å². The lowest BCUT2D eigenvalue weighted by atomic mass is 10.1. The Morgan fingerprint density at radius 3 is 2.96 bits per heavy atom. The van der Waals surface area contributed by atoms with Gasteiger partial charge in [-0.15, -0.1) is 5.10 Å². The fraction of sp³-hybridized carbons (Fsp3) is 0.375. The van der Waals surface area contributed by atoms with Gasteiger partial charge in [0, 0.05) is 36.4 Å². The van der Waals surface area contributed by atoms with Crippen molar-refractivity contribution in [3.8, 4) is 0 Å². The molecule has 126 valence electrons. The van der Waals surface area contributed by atoms with Crippen LogP contribution in [0.2, 0.25) is 0 Å². The molecule has 6 nitrogen and oxygen atoms in total. The summed E-state index contributed by atoms with van der Waals surface area (Å²) in [6, 6.07) is 5.35. The molecule has 8 heteroatoms. The Labute approximate surface area is 143 Å². The summed E-state index contributed by atoms with van der Waals surface area (Å²) in [5.41, 5.74) is 5.11. The van der Waals surface area contributed by atoms with E-state index in [-0.39, 0.29) is 11.9 Å². The molecule has 1 aromatic heterocycles. The summed E-state index contributed by atoms with van der Waals surface area (Å²) in [5.74, 6) is 1.90. The maximum Gasteiger partial charge on any atom is 0.147 e. The number of hydroxylamine groups is 1. The van der Waals surface area contributed by atoms with Crippen molar-refractivity contribution in [1.82, 2.24) is 20.5 Å². The second-order valence-electron chi connectivity index (χ2n) is 5.73. The quantitative estimate of drug-likeness (QED) is 0.912. The average molecular weight is 347 g/mol. The van der Waals surface area contributed by atoms with Gasteiger partial charge in [-0.3, -0.25) is 10.3 Å². The summed E-state index contributed by atoms with van der Waals surface area (Å²) in [6.45, 7) is 2.35. The molecule has 3 heterocycles. The van der Waals surface area contributed by atoms with Crippen LogP contribution >= 0.6 is 11.8 Å². The minimum absolute atomic E-state index is 0.163. The molecule has 2 aliphatic rings. The van der Waals surface area contributed by atoms with Gasteiger partial charge in [0.1, 0.15) is 11.9 Å². The highest BCUT2D eigenvalue weighted by molar-refractivity contribution is 7.99. The Balaban J connectivity index is 1.49. The molecule has 0 saturated carbocycles. The Hall–Kier alpha value is -2.06. The van der Waals surface area contributed by atoms with Crippen LogP contribution < -0.4 is 10.4 Å². The molecule has 0 amide bonds. The number of rotatable bonds is 4. The maximum atomic E-state index is 14.5. The van der Waals surface area contributed by atoms with Gasteiger partial charge in [0.05, 0.1) is 24.1 Å². The van der Waals surface area contributed by atoms with E-state index in [0.717, 1.165) is 35.9 Å². The molecule has 1 saturated heterocycles. The number of anilines is 1. The van der Waals surface area contributed by atoms with Gasteiger partial charge in [0.15, 0.2) is 0 Å². The fourth-order valence-corrected chi connectivity index (χ4v) is 3.79. The lowest BCUT2D eigenvalue weighted by Gasteiger charge is -2.29. The summed E-state index contributed by atoms with van der Waals surface area (Å²) in [6.07, 6.45) is 5.18. The van der Waals surface area contributed by atoms with E-state index in [1.54, 1.807) is 23.1 Å². The van der Waals surface area contributed by atoms with Gasteiger partial charge < -0.3 is 4.90 Å². The molecule has 24 heavy (non-hydrogen) atoms. The number of benzene rings is 1. The third-order valence-corrected chi connectivity index (χ3v) is 5.06. The zero-order valence-corrected chi connectivity index (χ0v) is 13.9. The fourth-order valence-electron chi connectivity index (χ4n) is 2.89. The number of nitrogens with one attached hydrogen (secondary N) is 1. The van der Waals surface area contributed by atoms with E-state index in [4.69, 9.17) is 4.84 Å². The molecule has 2 aliphatic heterocycles. The first-order valence-electron chi connectivity index (χ1n) is 7.90. The zero-order valence-electron chi connectivity index (χ0n) is 13.1. The number of hydrogen-bond donors (Lipinski definition) is 1. The third-order valence-electron chi connectivity index (χ3n) is 4.12. The van der Waals surface area contributed by atoms with E-state index >= 15 is 0 Å². The third kappa shape index (κ3) is 3.25. The number of hydrogen-bond acceptors (Lipinski definition) is 6. The summed E-state index contributed by atoms with van der Waals surface area (Å²) < 4.78 is 16.2. The number of nitrogens with zero attached hydrogens (tertiary/aromatic N) is 4. The van der Waals surface area contributed by atoms with Crippen molar-refractivity contribution in [3.63, 3.8) is 0 Å². The molecule has 1 N–H and O–H groups in total. The van der Waals surface area contributed by atoms with Gasteiger partial charge >= 0.3 is 0 Å². The van der Waals surface area contributed by atoms with Crippen molar-refractivity contribution in [3.05, 3.63) is 48.0 Å². The van der Waals surface area contributed by atoms with Crippen molar-refractivity contribution >= 4 is 23.1 Å². The van der Waals surface area contributed by atoms with E-state index < -0.39 is 0 Å². The summed E-state index contributed by atoms with van der Waals surface area (Å²) in [5, 5.41) is 7.69. The molecule has 4 rings (SSSR count). The molecular weight excluding hydrogens is 329 g/mol. The topological polar surface area (TPSA) is 55.2 Å². The highest BCUT2D eigenvalue weighted by atomic mass is 32.2. The minimum atomic E-state index is -0.193. The van der Waals surface area contributed by atoms with E-state index in [0.29, 0.717) is 12.2 Å². The molecule has 0 radical (unpaired) electrons. The average Bonchev–Trinajstić information content (AvgIpc) is 3.28. The number of halogens is 1. The van der Waals surface area contributed by atoms with Gasteiger partial charge in [-0.2, -0.15) is 11.8 Å². The molecule has 1 atom stereocenters. The zero-order chi connectivity index (χ0) is 16.4. The van der Waals surface area contributed by atoms with E-state index in [1.165, 1.54) is 0 Å². The molecule has 1 fully saturated rings. The second kappa shape index (κ2) is 6.82. The van der Waals surface area contributed by atoms with Gasteiger partial charge in [0.2, 0.25) is 0 Å². The van der Waals surface area contributed by atoms with E-state index in [9.17, 15) is 4.39 Å². The Bertz CT molecular complexity index is 730. The predicted molar refractivity (Wildman–Crippen MR) is 91.9 cm³/mol. The number of thioether (sulfide) groups is 1. The Kier molecular flexibility index (Phi) is 4.40. The summed E-state index contributed by atoms with van der Waals surface area (Å²) in [7, 11) is 0. The standard InChI is InChI=1S/C16H18FN5OS/c17-14-9-12(1-2-16(14)21-5-7-24-8-6-21)15-10-13(23-19-15)11-22-4-3-18-20-22/h1-4,9-10,13,19H,5-8,11H2. The van der Waals surface area contributed by atoms with Gasteiger partial charge in [-0.1, -0.05) is 11.3 Å². The molecule has 0 spiro atoms. The normalized spacial score (nSPS) is 20.8. The van der Waals surface area contributed by atoms with Crippen LogP contribution in [0.1, 0.15) is 5.56 Å². The highest BCUT2D eigenvalue weighted by Crippen LogP contribution is 2.27. The maximum absolute atomic E-state index is 14.5. The van der Waals surface area contributed by atoms with Crippen LogP contribution in [0.15, 0.2) is 36.7 Å². The first-order valence-corrected chi connectivity index (χ1v) is 9.05. The monoisotopic (exact) mass is 347 g/mol. The second-order valence-corrected chi connectivity index (χ2v) is 6.95. The van der Waals surface area contributed by atoms with Crippen LogP contribution in [0.25, 0.3) is 5.70 Å². The van der Waals surface area contributed by atoms with Gasteiger partial charge in [0.25, 0.3) is 0 Å². The molecule has 0 aliphatic carbocycles. The largest absolute Gasteiger partial charge is 0.368 e. The molecule has 1 aromatic carbocycles. The minimum Gasteiger partial charge on any atom is -0.368 e. The Morgan fingerprint density at radius 1 is 1.33 bits per heavy atom. The summed E-state index contributed by atoms with van der Waals surface area (Å²) >= 11 is 1.91.